The van der Waals surface area contributed by atoms with Gasteiger partial charge in [-0.05, 0) is 64.6 Å². The molecule has 4 nitrogen and oxygen atoms in total. The molecule has 0 fully saturated rings. The lowest BCUT2D eigenvalue weighted by atomic mass is 9.79. The van der Waals surface area contributed by atoms with Gasteiger partial charge in [0.1, 0.15) is 0 Å². The molecule has 0 aliphatic heterocycles. The highest BCUT2D eigenvalue weighted by Gasteiger charge is 2.39. The smallest absolute Gasteiger partial charge is 0.238 e. The van der Waals surface area contributed by atoms with Crippen molar-refractivity contribution in [2.24, 2.45) is 0 Å². The molecule has 0 spiro atoms. The second-order valence-corrected chi connectivity index (χ2v) is 13.3. The summed E-state index contributed by atoms with van der Waals surface area (Å²) in [6.07, 6.45) is 7.35. The van der Waals surface area contributed by atoms with Crippen LogP contribution in [0.5, 0.6) is 0 Å². The van der Waals surface area contributed by atoms with E-state index in [1.807, 2.05) is 36.4 Å². The van der Waals surface area contributed by atoms with E-state index in [2.05, 4.69) is 134 Å². The van der Waals surface area contributed by atoms with Crippen LogP contribution in [-0.2, 0) is 5.41 Å². The van der Waals surface area contributed by atoms with E-state index >= 15 is 0 Å². The highest BCUT2D eigenvalue weighted by molar-refractivity contribution is 6.11. The summed E-state index contributed by atoms with van der Waals surface area (Å²) in [4.78, 5) is 15.3. The Morgan fingerprint density at radius 1 is 0.673 bits per heavy atom. The molecule has 7 aromatic rings. The second kappa shape index (κ2) is 11.3. The summed E-state index contributed by atoms with van der Waals surface area (Å²) in [7, 11) is 0. The zero-order valence-electron chi connectivity index (χ0n) is 27.8. The van der Waals surface area contributed by atoms with Crippen LogP contribution in [-0.4, -0.2) is 19.5 Å². The zero-order valence-corrected chi connectivity index (χ0v) is 27.8. The van der Waals surface area contributed by atoms with E-state index in [0.717, 1.165) is 28.6 Å². The summed E-state index contributed by atoms with van der Waals surface area (Å²) in [5.74, 6) is 1.90. The first-order valence-corrected chi connectivity index (χ1v) is 16.9. The molecule has 0 radical (unpaired) electrons. The average molecular weight is 631 g/mol. The van der Waals surface area contributed by atoms with Crippen molar-refractivity contribution >= 4 is 39.0 Å². The van der Waals surface area contributed by atoms with E-state index in [0.29, 0.717) is 17.6 Å². The highest BCUT2D eigenvalue weighted by atomic mass is 15.2. The van der Waals surface area contributed by atoms with Gasteiger partial charge in [-0.15, -0.1) is 5.73 Å². The molecule has 0 unspecified atom stereocenters. The Balaban J connectivity index is 1.28. The van der Waals surface area contributed by atoms with Crippen molar-refractivity contribution in [3.63, 3.8) is 0 Å². The maximum Gasteiger partial charge on any atom is 0.238 e. The number of para-hydroxylation sites is 1. The molecule has 2 aliphatic rings. The van der Waals surface area contributed by atoms with Gasteiger partial charge in [-0.1, -0.05) is 129 Å². The lowest BCUT2D eigenvalue weighted by Gasteiger charge is -2.23. The Morgan fingerprint density at radius 3 is 2.04 bits per heavy atom. The van der Waals surface area contributed by atoms with Gasteiger partial charge in [0, 0.05) is 39.3 Å². The van der Waals surface area contributed by atoms with Crippen LogP contribution >= 0.6 is 0 Å². The van der Waals surface area contributed by atoms with Crippen LogP contribution in [0.4, 0.5) is 0 Å². The summed E-state index contributed by atoms with van der Waals surface area (Å²) in [6.45, 7) is 6.77. The Kier molecular flexibility index (Phi) is 6.69. The summed E-state index contributed by atoms with van der Waals surface area (Å²) in [5, 5.41) is 2.37. The van der Waals surface area contributed by atoms with Crippen LogP contribution in [0.1, 0.15) is 49.4 Å². The minimum absolute atomic E-state index is 0.155. The Hall–Kier alpha value is -6.09. The van der Waals surface area contributed by atoms with E-state index in [4.69, 9.17) is 15.0 Å². The van der Waals surface area contributed by atoms with Crippen LogP contribution < -0.4 is 0 Å². The number of nitrogens with zero attached hydrogens (tertiary/aromatic N) is 4. The topological polar surface area (TPSA) is 43.6 Å². The van der Waals surface area contributed by atoms with E-state index < -0.39 is 0 Å². The average Bonchev–Trinajstić information content (AvgIpc) is 3.59. The number of hydrogen-bond donors (Lipinski definition) is 0. The molecule has 9 rings (SSSR count). The Morgan fingerprint density at radius 2 is 1.33 bits per heavy atom. The number of rotatable bonds is 5. The van der Waals surface area contributed by atoms with Crippen LogP contribution in [0.2, 0.25) is 0 Å². The molecule has 0 N–H and O–H groups in total. The monoisotopic (exact) mass is 630 g/mol. The summed E-state index contributed by atoms with van der Waals surface area (Å²) < 4.78 is 2.23. The molecule has 2 heterocycles. The third-order valence-corrected chi connectivity index (χ3v) is 10.1. The maximum atomic E-state index is 5.16. The largest absolute Gasteiger partial charge is 0.278 e. The SMILES string of the molecule is C/C=C\c1ccccc1C1=C=CC2=C(C1)c1cc3c(cc1C2(C)C)c1ccccc1n3-c1nc(-c2ccccc2)nc(-c2ccccc2)n1. The quantitative estimate of drug-likeness (QED) is 0.178. The van der Waals surface area contributed by atoms with Gasteiger partial charge in [-0.2, -0.15) is 9.97 Å². The first-order chi connectivity index (χ1) is 24.0. The number of fused-ring (bicyclic) bond motifs is 5. The third kappa shape index (κ3) is 4.64. The van der Waals surface area contributed by atoms with Crippen molar-refractivity contribution in [2.75, 3.05) is 0 Å². The molecular weight excluding hydrogens is 597 g/mol. The van der Waals surface area contributed by atoms with Gasteiger partial charge in [-0.25, -0.2) is 4.98 Å². The van der Waals surface area contributed by atoms with E-state index in [-0.39, 0.29) is 5.41 Å². The first-order valence-electron chi connectivity index (χ1n) is 16.9. The van der Waals surface area contributed by atoms with Gasteiger partial charge in [0.15, 0.2) is 11.6 Å². The van der Waals surface area contributed by atoms with Crippen molar-refractivity contribution in [3.8, 4) is 28.7 Å². The fourth-order valence-corrected chi connectivity index (χ4v) is 7.68. The molecule has 5 aromatic carbocycles. The predicted molar refractivity (Wildman–Crippen MR) is 202 cm³/mol. The van der Waals surface area contributed by atoms with E-state index in [1.165, 1.54) is 49.7 Å². The first kappa shape index (κ1) is 29.1. The summed E-state index contributed by atoms with van der Waals surface area (Å²) >= 11 is 0. The Bertz CT molecular complexity index is 2520. The van der Waals surface area contributed by atoms with Gasteiger partial charge < -0.3 is 0 Å². The lowest BCUT2D eigenvalue weighted by Crippen LogP contribution is -2.16. The number of allylic oxidation sites excluding steroid dienone is 4. The molecular formula is C45H34N4. The molecule has 2 aromatic heterocycles. The van der Waals surface area contributed by atoms with Gasteiger partial charge in [-0.3, -0.25) is 4.57 Å². The van der Waals surface area contributed by atoms with Gasteiger partial charge in [0.2, 0.25) is 5.95 Å². The van der Waals surface area contributed by atoms with Crippen LogP contribution in [0.15, 0.2) is 145 Å². The van der Waals surface area contributed by atoms with Crippen LogP contribution in [0, 0.1) is 0 Å². The molecule has 0 saturated carbocycles. The number of benzene rings is 5. The fourth-order valence-electron chi connectivity index (χ4n) is 7.68. The second-order valence-electron chi connectivity index (χ2n) is 13.3. The molecule has 49 heavy (non-hydrogen) atoms. The zero-order chi connectivity index (χ0) is 33.1. The van der Waals surface area contributed by atoms with Gasteiger partial charge in [0.25, 0.3) is 0 Å². The van der Waals surface area contributed by atoms with E-state index in [1.54, 1.807) is 0 Å². The number of aromatic nitrogens is 4. The molecule has 4 heteroatoms. The molecule has 0 saturated heterocycles. The molecule has 0 atom stereocenters. The standard InChI is InChI=1S/C45H34N4/c1-4-15-29-16-11-12-21-33(29)32-24-25-38-35(26-32)36-28-41-37(27-39(36)45(38,2)3)34-22-13-14-23-40(34)49(41)44-47-42(30-17-7-5-8-18-30)46-43(48-44)31-19-9-6-10-20-31/h4-23,25,27-28H,26H2,1-3H3/b15-4-. The predicted octanol–water partition coefficient (Wildman–Crippen LogP) is 11.0. The highest BCUT2D eigenvalue weighted by Crippen LogP contribution is 2.53. The normalized spacial score (nSPS) is 14.9. The minimum Gasteiger partial charge on any atom is -0.278 e. The minimum atomic E-state index is -0.155. The summed E-state index contributed by atoms with van der Waals surface area (Å²) in [5.41, 5.74) is 16.6. The molecule has 0 amide bonds. The van der Waals surface area contributed by atoms with Crippen molar-refractivity contribution in [1.29, 1.82) is 0 Å². The number of hydrogen-bond acceptors (Lipinski definition) is 3. The fraction of sp³-hybridized carbons (Fsp3) is 0.111. The lowest BCUT2D eigenvalue weighted by molar-refractivity contribution is 0.654. The van der Waals surface area contributed by atoms with Crippen molar-refractivity contribution in [3.05, 3.63) is 167 Å². The van der Waals surface area contributed by atoms with Gasteiger partial charge in [0.05, 0.1) is 11.0 Å². The Labute approximate surface area is 286 Å². The molecule has 234 valence electrons. The van der Waals surface area contributed by atoms with Crippen LogP contribution in [0.3, 0.4) is 0 Å². The van der Waals surface area contributed by atoms with E-state index in [9.17, 15) is 0 Å². The van der Waals surface area contributed by atoms with Crippen molar-refractivity contribution < 1.29 is 0 Å². The van der Waals surface area contributed by atoms with Crippen LogP contribution in [0.25, 0.3) is 67.8 Å². The summed E-state index contributed by atoms with van der Waals surface area (Å²) in [6, 6.07) is 42.4. The maximum absolute atomic E-state index is 5.16. The van der Waals surface area contributed by atoms with Crippen molar-refractivity contribution in [2.45, 2.75) is 32.6 Å². The molecule has 2 aliphatic carbocycles. The van der Waals surface area contributed by atoms with Crippen molar-refractivity contribution in [1.82, 2.24) is 19.5 Å². The third-order valence-electron chi connectivity index (χ3n) is 10.1. The van der Waals surface area contributed by atoms with Gasteiger partial charge >= 0.3 is 0 Å². The molecule has 0 bridgehead atoms.